The van der Waals surface area contributed by atoms with Crippen LogP contribution in [0.25, 0.3) is 0 Å². The highest BCUT2D eigenvalue weighted by Gasteiger charge is 2.27. The number of amides is 1. The Bertz CT molecular complexity index is 283. The van der Waals surface area contributed by atoms with Crippen LogP contribution in [0.15, 0.2) is 12.2 Å². The quantitative estimate of drug-likeness (QED) is 0.683. The number of hydrogen-bond donors (Lipinski definition) is 2. The number of carboxylic acids is 1. The first-order chi connectivity index (χ1) is 6.68. The fourth-order valence-corrected chi connectivity index (χ4v) is 0.983. The van der Waals surface area contributed by atoms with Crippen molar-refractivity contribution < 1.29 is 19.8 Å². The molecule has 0 saturated heterocycles. The Morgan fingerprint density at radius 1 is 1.33 bits per heavy atom. The van der Waals surface area contributed by atoms with Crippen molar-refractivity contribution >= 4 is 12.1 Å². The molecule has 0 spiro atoms. The van der Waals surface area contributed by atoms with Gasteiger partial charge in [-0.2, -0.15) is 0 Å². The van der Waals surface area contributed by atoms with Crippen LogP contribution in [0.4, 0.5) is 4.79 Å². The van der Waals surface area contributed by atoms with Gasteiger partial charge in [-0.05, 0) is 11.8 Å². The number of nitrogens with zero attached hydrogens (tertiary/aromatic N) is 1. The van der Waals surface area contributed by atoms with Gasteiger partial charge in [0.15, 0.2) is 0 Å². The molecule has 5 nitrogen and oxygen atoms in total. The molecular weight excluding hydrogens is 198 g/mol. The van der Waals surface area contributed by atoms with Crippen molar-refractivity contribution in [1.82, 2.24) is 4.90 Å². The molecule has 0 saturated carbocycles. The first-order valence-electron chi connectivity index (χ1n) is 4.55. The minimum atomic E-state index is -1.04. The smallest absolute Gasteiger partial charge is 0.407 e. The van der Waals surface area contributed by atoms with Gasteiger partial charge in [-0.3, -0.25) is 0 Å². The van der Waals surface area contributed by atoms with Gasteiger partial charge in [-0.1, -0.05) is 20.4 Å². The van der Waals surface area contributed by atoms with Gasteiger partial charge in [0.1, 0.15) is 0 Å². The van der Waals surface area contributed by atoms with E-state index >= 15 is 0 Å². The molecule has 0 aliphatic carbocycles. The zero-order valence-corrected chi connectivity index (χ0v) is 9.28. The lowest BCUT2D eigenvalue weighted by Gasteiger charge is -2.26. The highest BCUT2D eigenvalue weighted by molar-refractivity contribution is 5.87. The van der Waals surface area contributed by atoms with E-state index in [1.807, 2.05) is 0 Å². The summed E-state index contributed by atoms with van der Waals surface area (Å²) in [6.45, 7) is 7.24. The van der Waals surface area contributed by atoms with E-state index in [0.29, 0.717) is 6.42 Å². The molecule has 0 aromatic heterocycles. The topological polar surface area (TPSA) is 77.8 Å². The molecule has 0 radical (unpaired) electrons. The van der Waals surface area contributed by atoms with Crippen molar-refractivity contribution in [3.05, 3.63) is 12.2 Å². The van der Waals surface area contributed by atoms with Gasteiger partial charge in [-0.25, -0.2) is 9.59 Å². The van der Waals surface area contributed by atoms with Crippen LogP contribution in [0.3, 0.4) is 0 Å². The standard InChI is InChI=1S/C10H17NO4/c1-7(8(12)13)10(2,3)5-6-11(4)9(14)15/h1,5-6H2,2-4H3,(H,12,13)(H,14,15). The second-order valence-electron chi connectivity index (χ2n) is 4.12. The van der Waals surface area contributed by atoms with E-state index in [4.69, 9.17) is 10.2 Å². The molecule has 0 aliphatic rings. The van der Waals surface area contributed by atoms with Gasteiger partial charge in [0.05, 0.1) is 0 Å². The maximum atomic E-state index is 10.7. The summed E-state index contributed by atoms with van der Waals surface area (Å²) in [4.78, 5) is 22.3. The first-order valence-corrected chi connectivity index (χ1v) is 4.55. The molecule has 5 heteroatoms. The van der Waals surface area contributed by atoms with Crippen LogP contribution < -0.4 is 0 Å². The van der Waals surface area contributed by atoms with Crippen LogP contribution >= 0.6 is 0 Å². The molecule has 2 N–H and O–H groups in total. The van der Waals surface area contributed by atoms with E-state index in [2.05, 4.69) is 6.58 Å². The molecule has 1 amide bonds. The van der Waals surface area contributed by atoms with E-state index < -0.39 is 17.5 Å². The molecular formula is C10H17NO4. The van der Waals surface area contributed by atoms with E-state index in [1.54, 1.807) is 13.8 Å². The Morgan fingerprint density at radius 2 is 1.80 bits per heavy atom. The average Bonchev–Trinajstić information content (AvgIpc) is 2.12. The lowest BCUT2D eigenvalue weighted by Crippen LogP contribution is -2.31. The van der Waals surface area contributed by atoms with Gasteiger partial charge < -0.3 is 15.1 Å². The van der Waals surface area contributed by atoms with Crippen LogP contribution in [0.1, 0.15) is 20.3 Å². The Labute approximate surface area is 89.0 Å². The fraction of sp³-hybridized carbons (Fsp3) is 0.600. The Balaban J connectivity index is 4.33. The number of rotatable bonds is 5. The maximum Gasteiger partial charge on any atom is 0.407 e. The van der Waals surface area contributed by atoms with Gasteiger partial charge in [0.25, 0.3) is 0 Å². The Kier molecular flexibility index (Phi) is 4.33. The van der Waals surface area contributed by atoms with Crippen LogP contribution in [0.5, 0.6) is 0 Å². The van der Waals surface area contributed by atoms with Crippen LogP contribution in [0.2, 0.25) is 0 Å². The molecule has 0 aromatic rings. The van der Waals surface area contributed by atoms with Gasteiger partial charge in [0.2, 0.25) is 0 Å². The molecule has 0 unspecified atom stereocenters. The van der Waals surface area contributed by atoms with Gasteiger partial charge in [0, 0.05) is 19.2 Å². The largest absolute Gasteiger partial charge is 0.478 e. The molecule has 0 atom stereocenters. The second kappa shape index (κ2) is 4.82. The zero-order valence-electron chi connectivity index (χ0n) is 9.28. The molecule has 0 heterocycles. The predicted molar refractivity (Wildman–Crippen MR) is 55.8 cm³/mol. The van der Waals surface area contributed by atoms with Crippen molar-refractivity contribution in [3.63, 3.8) is 0 Å². The number of carboxylic acid groups (broad SMARTS) is 2. The highest BCUT2D eigenvalue weighted by atomic mass is 16.4. The Hall–Kier alpha value is -1.52. The molecule has 0 fully saturated rings. The summed E-state index contributed by atoms with van der Waals surface area (Å²) >= 11 is 0. The molecule has 0 aromatic carbocycles. The summed E-state index contributed by atoms with van der Waals surface area (Å²) in [5.41, 5.74) is -0.503. The molecule has 86 valence electrons. The third-order valence-corrected chi connectivity index (χ3v) is 2.47. The number of hydrogen-bond acceptors (Lipinski definition) is 2. The summed E-state index contributed by atoms with van der Waals surface area (Å²) < 4.78 is 0. The zero-order chi connectivity index (χ0) is 12.2. The molecule has 15 heavy (non-hydrogen) atoms. The minimum Gasteiger partial charge on any atom is -0.478 e. The lowest BCUT2D eigenvalue weighted by atomic mass is 9.82. The average molecular weight is 215 g/mol. The molecule has 0 bridgehead atoms. The van der Waals surface area contributed by atoms with Crippen LogP contribution in [0, 0.1) is 5.41 Å². The molecule has 0 rings (SSSR count). The van der Waals surface area contributed by atoms with Crippen LogP contribution in [-0.4, -0.2) is 40.8 Å². The van der Waals surface area contributed by atoms with E-state index in [1.165, 1.54) is 7.05 Å². The summed E-state index contributed by atoms with van der Waals surface area (Å²) in [6.07, 6.45) is -0.590. The highest BCUT2D eigenvalue weighted by Crippen LogP contribution is 2.29. The SMILES string of the molecule is C=C(C(=O)O)C(C)(C)CCN(C)C(=O)O. The monoisotopic (exact) mass is 215 g/mol. The summed E-state index contributed by atoms with van der Waals surface area (Å²) in [7, 11) is 1.45. The Morgan fingerprint density at radius 3 is 2.13 bits per heavy atom. The van der Waals surface area contributed by atoms with Gasteiger partial charge >= 0.3 is 12.1 Å². The molecule has 0 aliphatic heterocycles. The minimum absolute atomic E-state index is 0.0984. The van der Waals surface area contributed by atoms with Crippen molar-refractivity contribution in [3.8, 4) is 0 Å². The fourth-order valence-electron chi connectivity index (χ4n) is 0.983. The third kappa shape index (κ3) is 4.01. The predicted octanol–water partition coefficient (Wildman–Crippen LogP) is 1.65. The van der Waals surface area contributed by atoms with Gasteiger partial charge in [-0.15, -0.1) is 0 Å². The number of carbonyl (C=O) groups is 2. The van der Waals surface area contributed by atoms with E-state index in [0.717, 1.165) is 4.90 Å². The first kappa shape index (κ1) is 13.5. The van der Waals surface area contributed by atoms with E-state index in [-0.39, 0.29) is 12.1 Å². The third-order valence-electron chi connectivity index (χ3n) is 2.47. The van der Waals surface area contributed by atoms with Crippen molar-refractivity contribution in [1.29, 1.82) is 0 Å². The maximum absolute atomic E-state index is 10.7. The summed E-state index contributed by atoms with van der Waals surface area (Å²) in [5, 5.41) is 17.4. The number of aliphatic carboxylic acids is 1. The summed E-state index contributed by atoms with van der Waals surface area (Å²) in [5.74, 6) is -1.04. The lowest BCUT2D eigenvalue weighted by molar-refractivity contribution is -0.133. The summed E-state index contributed by atoms with van der Waals surface area (Å²) in [6, 6.07) is 0. The van der Waals surface area contributed by atoms with Crippen molar-refractivity contribution in [2.45, 2.75) is 20.3 Å². The normalized spacial score (nSPS) is 10.9. The van der Waals surface area contributed by atoms with Crippen LogP contribution in [-0.2, 0) is 4.79 Å². The van der Waals surface area contributed by atoms with Crippen molar-refractivity contribution in [2.24, 2.45) is 5.41 Å². The van der Waals surface area contributed by atoms with E-state index in [9.17, 15) is 9.59 Å². The van der Waals surface area contributed by atoms with Crippen molar-refractivity contribution in [2.75, 3.05) is 13.6 Å². The second-order valence-corrected chi connectivity index (χ2v) is 4.12.